The third-order valence-corrected chi connectivity index (χ3v) is 13.1. The van der Waals surface area contributed by atoms with Gasteiger partial charge >= 0.3 is 0 Å². The molecular weight excluding hydrogens is 705 g/mol. The highest BCUT2D eigenvalue weighted by atomic mass is 15.0. The van der Waals surface area contributed by atoms with Gasteiger partial charge in [-0.1, -0.05) is 142 Å². The van der Waals surface area contributed by atoms with E-state index in [2.05, 4.69) is 147 Å². The molecule has 4 heteroatoms. The maximum atomic E-state index is 9.77. The van der Waals surface area contributed by atoms with E-state index < -0.39 is 0 Å². The van der Waals surface area contributed by atoms with Crippen molar-refractivity contribution in [2.24, 2.45) is 17.8 Å². The van der Waals surface area contributed by atoms with E-state index in [0.717, 1.165) is 56.3 Å². The summed E-state index contributed by atoms with van der Waals surface area (Å²) in [5.74, 6) is 4.19. The summed E-state index contributed by atoms with van der Waals surface area (Å²) in [4.78, 5) is 15.4. The van der Waals surface area contributed by atoms with E-state index in [4.69, 9.17) is 15.0 Å². The molecule has 0 radical (unpaired) electrons. The molecular formula is C54H46N4. The predicted molar refractivity (Wildman–Crippen MR) is 238 cm³/mol. The molecule has 4 atom stereocenters. The maximum absolute atomic E-state index is 9.77. The topological polar surface area (TPSA) is 62.5 Å². The number of aromatic nitrogens is 3. The monoisotopic (exact) mass is 750 g/mol. The van der Waals surface area contributed by atoms with Crippen LogP contribution in [0.2, 0.25) is 0 Å². The molecule has 0 amide bonds. The molecule has 2 saturated carbocycles. The third-order valence-electron chi connectivity index (χ3n) is 13.1. The van der Waals surface area contributed by atoms with Gasteiger partial charge in [0.1, 0.15) is 0 Å². The fourth-order valence-corrected chi connectivity index (χ4v) is 10.6. The number of nitriles is 1. The third kappa shape index (κ3) is 6.65. The number of benzene rings is 7. The van der Waals surface area contributed by atoms with Crippen molar-refractivity contribution >= 4 is 21.5 Å². The Bertz CT molecular complexity index is 2860. The molecule has 2 aliphatic carbocycles. The summed E-state index contributed by atoms with van der Waals surface area (Å²) in [5.41, 5.74) is 9.66. The Labute approximate surface area is 341 Å². The van der Waals surface area contributed by atoms with Crippen molar-refractivity contribution < 1.29 is 0 Å². The Kier molecular flexibility index (Phi) is 9.18. The van der Waals surface area contributed by atoms with E-state index in [0.29, 0.717) is 28.5 Å². The Hall–Kier alpha value is -6.44. The molecule has 0 spiro atoms. The molecule has 2 bridgehead atoms. The van der Waals surface area contributed by atoms with Crippen molar-refractivity contribution in [3.63, 3.8) is 0 Å². The van der Waals surface area contributed by atoms with Crippen molar-refractivity contribution in [3.8, 4) is 62.5 Å². The number of rotatable bonds is 7. The normalized spacial score (nSPS) is 20.2. The molecule has 2 aliphatic rings. The van der Waals surface area contributed by atoms with Crippen molar-refractivity contribution in [2.45, 2.75) is 57.8 Å². The van der Waals surface area contributed by atoms with E-state index in [1.165, 1.54) is 66.0 Å². The van der Waals surface area contributed by atoms with E-state index in [1.54, 1.807) is 6.07 Å². The summed E-state index contributed by atoms with van der Waals surface area (Å²) in [5, 5.41) is 14.4. The minimum atomic E-state index is 0.307. The molecule has 1 heterocycles. The Morgan fingerprint density at radius 2 is 1.19 bits per heavy atom. The van der Waals surface area contributed by atoms with Gasteiger partial charge in [-0.05, 0) is 135 Å². The lowest BCUT2D eigenvalue weighted by Crippen LogP contribution is -2.42. The summed E-state index contributed by atoms with van der Waals surface area (Å²) in [6.07, 6.45) is 8.07. The standard InChI is InChI=1S/C54H46N4/c1-3-36-27-38-26-35(2)31-54(32-36,33-38)46-22-20-40(21-23-46)47-24-25-50(49-17-7-6-16-48(47)49)53-57-51(44-14-8-10-37(28-44)34-55)56-52(58-53)45-15-9-13-42(30-45)43-19-18-39-11-4-5-12-41(39)29-43/h4-25,28-30,35-36,38H,3,26-27,31-33H2,1-2H3/t35-,36+,38-,54?/m0/s1. The van der Waals surface area contributed by atoms with Gasteiger partial charge in [0.25, 0.3) is 0 Å². The highest BCUT2D eigenvalue weighted by molar-refractivity contribution is 6.04. The molecule has 7 aromatic carbocycles. The van der Waals surface area contributed by atoms with Gasteiger partial charge in [-0.3, -0.25) is 0 Å². The number of hydrogen-bond acceptors (Lipinski definition) is 4. The zero-order valence-corrected chi connectivity index (χ0v) is 33.2. The smallest absolute Gasteiger partial charge is 0.164 e. The minimum Gasteiger partial charge on any atom is -0.208 e. The molecule has 10 rings (SSSR count). The van der Waals surface area contributed by atoms with Crippen LogP contribution in [-0.4, -0.2) is 15.0 Å². The van der Waals surface area contributed by atoms with Crippen LogP contribution in [0.3, 0.4) is 0 Å². The first-order valence-corrected chi connectivity index (χ1v) is 20.9. The summed E-state index contributed by atoms with van der Waals surface area (Å²) in [6, 6.07) is 55.8. The van der Waals surface area contributed by atoms with E-state index in [9.17, 15) is 5.26 Å². The van der Waals surface area contributed by atoms with Crippen molar-refractivity contribution in [3.05, 3.63) is 163 Å². The summed E-state index contributed by atoms with van der Waals surface area (Å²) < 4.78 is 0. The second-order valence-electron chi connectivity index (χ2n) is 17.0. The van der Waals surface area contributed by atoms with Crippen LogP contribution in [-0.2, 0) is 5.41 Å². The fourth-order valence-electron chi connectivity index (χ4n) is 10.6. The minimum absolute atomic E-state index is 0.307. The Balaban J connectivity index is 1.06. The van der Waals surface area contributed by atoms with Gasteiger partial charge in [-0.25, -0.2) is 15.0 Å². The van der Waals surface area contributed by atoms with Gasteiger partial charge in [-0.2, -0.15) is 5.26 Å². The molecule has 4 nitrogen and oxygen atoms in total. The lowest BCUT2D eigenvalue weighted by atomic mass is 9.54. The summed E-state index contributed by atoms with van der Waals surface area (Å²) in [6.45, 7) is 4.86. The van der Waals surface area contributed by atoms with E-state index in [-0.39, 0.29) is 0 Å². The highest BCUT2D eigenvalue weighted by Gasteiger charge is 2.45. The van der Waals surface area contributed by atoms with Crippen LogP contribution >= 0.6 is 0 Å². The van der Waals surface area contributed by atoms with Gasteiger partial charge in [0.05, 0.1) is 11.6 Å². The average Bonchev–Trinajstić information content (AvgIpc) is 3.28. The lowest BCUT2D eigenvalue weighted by Gasteiger charge is -2.51. The quantitative estimate of drug-likeness (QED) is 0.163. The van der Waals surface area contributed by atoms with Gasteiger partial charge in [-0.15, -0.1) is 0 Å². The van der Waals surface area contributed by atoms with Crippen LogP contribution in [0.5, 0.6) is 0 Å². The molecule has 1 unspecified atom stereocenters. The average molecular weight is 751 g/mol. The Morgan fingerprint density at radius 3 is 1.97 bits per heavy atom. The first kappa shape index (κ1) is 35.9. The number of fused-ring (bicyclic) bond motifs is 4. The van der Waals surface area contributed by atoms with Crippen LogP contribution in [0.25, 0.3) is 78.0 Å². The summed E-state index contributed by atoms with van der Waals surface area (Å²) >= 11 is 0. The van der Waals surface area contributed by atoms with Crippen LogP contribution < -0.4 is 0 Å². The van der Waals surface area contributed by atoms with Crippen molar-refractivity contribution in [1.29, 1.82) is 5.26 Å². The molecule has 282 valence electrons. The van der Waals surface area contributed by atoms with E-state index >= 15 is 0 Å². The van der Waals surface area contributed by atoms with Crippen LogP contribution in [0.4, 0.5) is 0 Å². The van der Waals surface area contributed by atoms with Gasteiger partial charge < -0.3 is 0 Å². The molecule has 0 aliphatic heterocycles. The van der Waals surface area contributed by atoms with Gasteiger partial charge in [0.15, 0.2) is 17.5 Å². The van der Waals surface area contributed by atoms with Crippen LogP contribution in [0.15, 0.2) is 152 Å². The van der Waals surface area contributed by atoms with Crippen LogP contribution in [0, 0.1) is 29.1 Å². The van der Waals surface area contributed by atoms with E-state index in [1.807, 2.05) is 18.2 Å². The van der Waals surface area contributed by atoms with Gasteiger partial charge in [0.2, 0.25) is 0 Å². The predicted octanol–water partition coefficient (Wildman–Crippen LogP) is 13.9. The van der Waals surface area contributed by atoms with Gasteiger partial charge in [0, 0.05) is 16.7 Å². The second-order valence-corrected chi connectivity index (χ2v) is 17.0. The molecule has 0 N–H and O–H groups in total. The maximum Gasteiger partial charge on any atom is 0.164 e. The van der Waals surface area contributed by atoms with Crippen molar-refractivity contribution in [2.75, 3.05) is 0 Å². The molecule has 58 heavy (non-hydrogen) atoms. The molecule has 0 saturated heterocycles. The first-order valence-electron chi connectivity index (χ1n) is 20.9. The lowest BCUT2D eigenvalue weighted by molar-refractivity contribution is 0.0702. The van der Waals surface area contributed by atoms with Crippen LogP contribution in [0.1, 0.15) is 63.5 Å². The first-order chi connectivity index (χ1) is 28.4. The summed E-state index contributed by atoms with van der Waals surface area (Å²) in [7, 11) is 0. The molecule has 1 aromatic heterocycles. The molecule has 8 aromatic rings. The largest absolute Gasteiger partial charge is 0.208 e. The molecule has 2 fully saturated rings. The highest BCUT2D eigenvalue weighted by Crippen LogP contribution is 2.55. The number of nitrogens with zero attached hydrogens (tertiary/aromatic N) is 4. The Morgan fingerprint density at radius 1 is 0.552 bits per heavy atom. The SMILES string of the molecule is CC[C@@H]1C[C@@H]2C[C@H](C)CC(c3ccc(-c4ccc(-c5nc(-c6cccc(C#N)c6)nc(-c6cccc(-c7ccc8ccccc8c7)c6)n5)c5ccccc45)cc3)(C1)C2. The zero-order valence-electron chi connectivity index (χ0n) is 33.2. The second kappa shape index (κ2) is 14.8. The fraction of sp³-hybridized carbons (Fsp3) is 0.222. The zero-order chi connectivity index (χ0) is 39.2. The van der Waals surface area contributed by atoms with Crippen molar-refractivity contribution in [1.82, 2.24) is 15.0 Å². The number of hydrogen-bond donors (Lipinski definition) is 0.